The van der Waals surface area contributed by atoms with Crippen molar-refractivity contribution in [3.05, 3.63) is 191 Å². The summed E-state index contributed by atoms with van der Waals surface area (Å²) >= 11 is 0. The first-order valence-electron chi connectivity index (χ1n) is 27.2. The van der Waals surface area contributed by atoms with Gasteiger partial charge in [-0.2, -0.15) is 0 Å². The Kier molecular flexibility index (Phi) is 15.8. The van der Waals surface area contributed by atoms with E-state index in [1.807, 2.05) is 120 Å². The average molecular weight is 1110 g/mol. The number of nitrogens with one attached hydrogen (secondary N) is 1. The van der Waals surface area contributed by atoms with Gasteiger partial charge in [0.1, 0.15) is 29.9 Å². The van der Waals surface area contributed by atoms with Gasteiger partial charge in [-0.05, 0) is 82.8 Å². The second-order valence-electron chi connectivity index (χ2n) is 20.8. The molecule has 5 aliphatic rings. The molecule has 0 unspecified atom stereocenters. The van der Waals surface area contributed by atoms with E-state index in [1.54, 1.807) is 48.2 Å². The van der Waals surface area contributed by atoms with E-state index in [1.165, 1.54) is 0 Å². The first kappa shape index (κ1) is 54.9. The summed E-state index contributed by atoms with van der Waals surface area (Å²) < 4.78 is 33.9. The molecule has 3 fully saturated rings. The number of carbonyl (C=O) groups is 6. The van der Waals surface area contributed by atoms with Gasteiger partial charge >= 0.3 is 23.9 Å². The third-order valence-electron chi connectivity index (χ3n) is 16.1. The van der Waals surface area contributed by atoms with E-state index in [0.29, 0.717) is 59.1 Å². The van der Waals surface area contributed by atoms with E-state index in [0.717, 1.165) is 30.2 Å². The fourth-order valence-corrected chi connectivity index (χ4v) is 12.4. The Hall–Kier alpha value is -9.02. The van der Waals surface area contributed by atoms with Gasteiger partial charge in [-0.1, -0.05) is 121 Å². The van der Waals surface area contributed by atoms with Gasteiger partial charge in [-0.25, -0.2) is 9.69 Å². The van der Waals surface area contributed by atoms with Crippen LogP contribution >= 0.6 is 0 Å². The molecule has 2 N–H and O–H groups in total. The zero-order chi connectivity index (χ0) is 57.1. The number of rotatable bonds is 14. The predicted octanol–water partition coefficient (Wildman–Crippen LogP) is 6.97. The summed E-state index contributed by atoms with van der Waals surface area (Å²) in [6, 6.07) is 40.8. The smallest absolute Gasteiger partial charge is 0.329 e. The molecule has 18 heteroatoms. The topological polar surface area (TPSA) is 203 Å². The van der Waals surface area contributed by atoms with Crippen molar-refractivity contribution in [3.63, 3.8) is 0 Å². The summed E-state index contributed by atoms with van der Waals surface area (Å²) in [6.45, 7) is 3.43. The maximum absolute atomic E-state index is 17.1. The third-order valence-corrected chi connectivity index (χ3v) is 16.1. The summed E-state index contributed by atoms with van der Waals surface area (Å²) in [5.74, 6) is 1.03. The largest absolute Gasteiger partial charge is 0.491 e. The molecule has 5 heterocycles. The van der Waals surface area contributed by atoms with Crippen LogP contribution in [0.3, 0.4) is 0 Å². The van der Waals surface area contributed by atoms with Gasteiger partial charge < -0.3 is 43.7 Å². The highest BCUT2D eigenvalue weighted by atomic mass is 16.7. The molecule has 420 valence electrons. The van der Waals surface area contributed by atoms with Crippen LogP contribution in [0.4, 0.5) is 10.5 Å². The molecule has 3 saturated heterocycles. The lowest BCUT2D eigenvalue weighted by molar-refractivity contribution is -0.179. The number of amides is 4. The van der Waals surface area contributed by atoms with Gasteiger partial charge in [-0.15, -0.1) is 0 Å². The Morgan fingerprint density at radius 1 is 0.744 bits per heavy atom. The number of nitrogens with zero attached hydrogens (tertiary/aromatic N) is 4. The maximum Gasteiger partial charge on any atom is 0.329 e. The summed E-state index contributed by atoms with van der Waals surface area (Å²) in [6.07, 6.45) is -1.27. The number of cyclic esters (lactones) is 1. The molecule has 0 aromatic heterocycles. The molecule has 7 atom stereocenters. The third kappa shape index (κ3) is 10.2. The van der Waals surface area contributed by atoms with Crippen LogP contribution < -0.4 is 24.4 Å². The lowest BCUT2D eigenvalue weighted by atomic mass is 9.64. The monoisotopic (exact) mass is 1110 g/mol. The van der Waals surface area contributed by atoms with Gasteiger partial charge in [0.15, 0.2) is 17.4 Å². The first-order chi connectivity index (χ1) is 39.9. The number of esters is 3. The molecule has 6 aromatic carbocycles. The SMILES string of the molecule is COC(=O)C(CC#Cc1ccc2c(c1)[C@]1(C(=O)N2C(=O)N[C@H](C)c2ccccc2)[C@H](c2cccc(OCCO)c2)N2[C@H](c3ccccc3)[C@H](c3ccccc3)OC(=O)[C@H]2[C@@H]1C(=O)N1CCN(Cc2ccc3c(c2)OCO3)CC1)C(=O)OC. The van der Waals surface area contributed by atoms with Crippen molar-refractivity contribution in [2.75, 3.05) is 65.3 Å². The molecule has 1 spiro atoms. The van der Waals surface area contributed by atoms with Gasteiger partial charge in [0.25, 0.3) is 0 Å². The molecule has 0 bridgehead atoms. The van der Waals surface area contributed by atoms with Crippen LogP contribution in [0, 0.1) is 23.7 Å². The molecule has 6 aromatic rings. The van der Waals surface area contributed by atoms with E-state index >= 15 is 19.2 Å². The molecular weight excluding hydrogens is 1050 g/mol. The minimum absolute atomic E-state index is 0.0629. The van der Waals surface area contributed by atoms with Crippen LogP contribution in [-0.4, -0.2) is 122 Å². The first-order valence-corrected chi connectivity index (χ1v) is 27.2. The van der Waals surface area contributed by atoms with Crippen LogP contribution in [0.15, 0.2) is 152 Å². The van der Waals surface area contributed by atoms with Crippen LogP contribution in [0.5, 0.6) is 17.2 Å². The molecular formula is C64H61N5O13. The zero-order valence-corrected chi connectivity index (χ0v) is 45.5. The lowest BCUT2D eigenvalue weighted by Gasteiger charge is -2.46. The second kappa shape index (κ2) is 23.6. The minimum atomic E-state index is -2.14. The molecule has 0 radical (unpaired) electrons. The zero-order valence-electron chi connectivity index (χ0n) is 45.5. The molecule has 18 nitrogen and oxygen atoms in total. The number of piperazine rings is 1. The average Bonchev–Trinajstić information content (AvgIpc) is 4.11. The van der Waals surface area contributed by atoms with Crippen LogP contribution in [0.2, 0.25) is 0 Å². The van der Waals surface area contributed by atoms with Crippen molar-refractivity contribution in [1.82, 2.24) is 20.0 Å². The molecule has 0 aliphatic carbocycles. The molecule has 4 amide bonds. The number of aliphatic hydroxyl groups is 1. The minimum Gasteiger partial charge on any atom is -0.491 e. The number of urea groups is 1. The number of imide groups is 1. The molecule has 5 aliphatic heterocycles. The summed E-state index contributed by atoms with van der Waals surface area (Å²) in [4.78, 5) is 97.6. The van der Waals surface area contributed by atoms with Crippen molar-refractivity contribution in [2.24, 2.45) is 11.8 Å². The number of ether oxygens (including phenoxy) is 6. The number of benzene rings is 6. The Morgan fingerprint density at radius 2 is 1.41 bits per heavy atom. The number of anilines is 1. The fourth-order valence-electron chi connectivity index (χ4n) is 12.4. The van der Waals surface area contributed by atoms with Gasteiger partial charge in [0.2, 0.25) is 18.6 Å². The quantitative estimate of drug-likeness (QED) is 0.0490. The Balaban J connectivity index is 1.13. The van der Waals surface area contributed by atoms with E-state index in [-0.39, 0.29) is 50.8 Å². The van der Waals surface area contributed by atoms with Crippen LogP contribution in [0.25, 0.3) is 0 Å². The Labute approximate surface area is 474 Å². The number of fused-ring (bicyclic) bond motifs is 4. The van der Waals surface area contributed by atoms with E-state index < -0.39 is 83.3 Å². The van der Waals surface area contributed by atoms with Gasteiger partial charge in [0, 0.05) is 44.7 Å². The Morgan fingerprint density at radius 3 is 2.11 bits per heavy atom. The maximum atomic E-state index is 17.1. The summed E-state index contributed by atoms with van der Waals surface area (Å²) in [7, 11) is 2.31. The molecule has 0 saturated carbocycles. The van der Waals surface area contributed by atoms with Crippen molar-refractivity contribution in [3.8, 4) is 29.1 Å². The molecule has 11 rings (SSSR count). The van der Waals surface area contributed by atoms with Crippen molar-refractivity contribution >= 4 is 41.4 Å². The number of aliphatic hydroxyl groups excluding tert-OH is 1. The number of hydrogen-bond acceptors (Lipinski definition) is 15. The summed E-state index contributed by atoms with van der Waals surface area (Å²) in [5, 5.41) is 13.0. The summed E-state index contributed by atoms with van der Waals surface area (Å²) in [5.41, 5.74) is 2.12. The van der Waals surface area contributed by atoms with Crippen LogP contribution in [0.1, 0.15) is 76.5 Å². The Bertz CT molecular complexity index is 3440. The second-order valence-corrected chi connectivity index (χ2v) is 20.8. The lowest BCUT2D eigenvalue weighted by Crippen LogP contribution is -2.59. The van der Waals surface area contributed by atoms with Crippen molar-refractivity contribution in [1.29, 1.82) is 0 Å². The van der Waals surface area contributed by atoms with Gasteiger partial charge in [-0.3, -0.25) is 33.8 Å². The van der Waals surface area contributed by atoms with E-state index in [9.17, 15) is 14.7 Å². The molecule has 82 heavy (non-hydrogen) atoms. The van der Waals surface area contributed by atoms with Crippen molar-refractivity contribution < 1.29 is 62.3 Å². The standard InChI is InChI=1S/C64H61N5O13/c1-40(43-16-7-4-8-17-43)65-63(76)68-50-27-25-41(15-13-24-48(59(72)77-2)60(73)78-3)35-49(50)64(62(68)75)53(58(71)67-31-29-66(30-32-67)38-42-26-28-51-52(36-42)81-39-80-51)55-61(74)82-56(45-20-11-6-12-21-45)54(44-18-9-5-10-19-44)69(55)57(64)46-22-14-23-47(37-46)79-34-33-70/h4-12,14,16-23,25-28,35-37,40,48,53-57,70H,24,29-34,38-39H2,1-3H3,(H,65,76)/t40-,53-,54-,55-,56+,57+,64-/m1/s1. The number of morpholine rings is 1. The number of methoxy groups -OCH3 is 2. The van der Waals surface area contributed by atoms with E-state index in [4.69, 9.17) is 28.4 Å². The van der Waals surface area contributed by atoms with E-state index in [2.05, 4.69) is 22.1 Å². The number of carbonyl (C=O) groups excluding carboxylic acids is 6. The number of hydrogen-bond donors (Lipinski definition) is 2. The highest BCUT2D eigenvalue weighted by molar-refractivity contribution is 6.24. The van der Waals surface area contributed by atoms with Crippen LogP contribution in [-0.2, 0) is 50.1 Å². The highest BCUT2D eigenvalue weighted by Gasteiger charge is 2.76. The normalized spacial score (nSPS) is 22.1. The van der Waals surface area contributed by atoms with Crippen molar-refractivity contribution in [2.45, 2.75) is 55.6 Å². The predicted molar refractivity (Wildman–Crippen MR) is 298 cm³/mol. The fraction of sp³-hybridized carbons (Fsp3) is 0.312. The highest BCUT2D eigenvalue weighted by Crippen LogP contribution is 2.66. The van der Waals surface area contributed by atoms with Gasteiger partial charge in [0.05, 0.1) is 50.6 Å².